The van der Waals surface area contributed by atoms with E-state index in [4.69, 9.17) is 18.9 Å². The molecule has 0 bridgehead atoms. The fourth-order valence-electron chi connectivity index (χ4n) is 11.3. The SMILES string of the molecule is CCCCCCCCCCCCCCCCCCCCCCCCCCCCCCCC(=O)NC(COC1OC(CO)C(OC2OC(CO)C(O)C(O)C2O)C(O)C1O)C(O)CCCCCCCCCCCCCCCC. The van der Waals surface area contributed by atoms with Crippen LogP contribution < -0.4 is 5.32 Å². The fourth-order valence-corrected chi connectivity index (χ4v) is 11.3. The molecular weight excluding hydrogens is 979 g/mol. The summed E-state index contributed by atoms with van der Waals surface area (Å²) in [6, 6.07) is -0.822. The van der Waals surface area contributed by atoms with Crippen molar-refractivity contribution in [2.24, 2.45) is 0 Å². The minimum absolute atomic E-state index is 0.199. The van der Waals surface area contributed by atoms with Gasteiger partial charge in [-0.05, 0) is 12.8 Å². The predicted molar refractivity (Wildman–Crippen MR) is 309 cm³/mol. The quantitative estimate of drug-likeness (QED) is 0.0259. The van der Waals surface area contributed by atoms with Crippen LogP contribution in [0.5, 0.6) is 0 Å². The first-order valence-corrected chi connectivity index (χ1v) is 32.8. The molecule has 0 spiro atoms. The van der Waals surface area contributed by atoms with Crippen LogP contribution >= 0.6 is 0 Å². The van der Waals surface area contributed by atoms with Gasteiger partial charge in [-0.25, -0.2) is 0 Å². The van der Waals surface area contributed by atoms with E-state index in [2.05, 4.69) is 19.2 Å². The van der Waals surface area contributed by atoms with Gasteiger partial charge in [0.2, 0.25) is 5.91 Å². The summed E-state index contributed by atoms with van der Waals surface area (Å²) in [7, 11) is 0. The van der Waals surface area contributed by atoms with Gasteiger partial charge < -0.3 is 65.1 Å². The first-order chi connectivity index (χ1) is 37.6. The van der Waals surface area contributed by atoms with Crippen molar-refractivity contribution in [2.75, 3.05) is 19.8 Å². The average Bonchev–Trinajstić information content (AvgIpc) is 3.43. The molecule has 2 heterocycles. The third kappa shape index (κ3) is 34.9. The summed E-state index contributed by atoms with van der Waals surface area (Å²) in [6.45, 7) is 2.90. The third-order valence-electron chi connectivity index (χ3n) is 16.6. The number of carbonyl (C=O) groups is 1. The van der Waals surface area contributed by atoms with Crippen LogP contribution in [0, 0.1) is 0 Å². The molecule has 0 aromatic carbocycles. The molecule has 458 valence electrons. The highest BCUT2D eigenvalue weighted by Gasteiger charge is 2.51. The van der Waals surface area contributed by atoms with Gasteiger partial charge in [0, 0.05) is 6.42 Å². The second-order valence-corrected chi connectivity index (χ2v) is 23.6. The molecule has 2 rings (SSSR count). The van der Waals surface area contributed by atoms with Gasteiger partial charge in [-0.3, -0.25) is 4.79 Å². The highest BCUT2D eigenvalue weighted by molar-refractivity contribution is 5.76. The summed E-state index contributed by atoms with van der Waals surface area (Å²) >= 11 is 0. The van der Waals surface area contributed by atoms with Crippen LogP contribution in [0.15, 0.2) is 0 Å². The zero-order valence-corrected chi connectivity index (χ0v) is 49.5. The molecule has 2 saturated heterocycles. The summed E-state index contributed by atoms with van der Waals surface area (Å²) in [5.74, 6) is -0.199. The van der Waals surface area contributed by atoms with Crippen molar-refractivity contribution in [1.29, 1.82) is 0 Å². The molecule has 14 heteroatoms. The maximum Gasteiger partial charge on any atom is 0.220 e. The summed E-state index contributed by atoms with van der Waals surface area (Å²) in [5.41, 5.74) is 0. The number of amides is 1. The number of carbonyl (C=O) groups excluding carboxylic acids is 1. The summed E-state index contributed by atoms with van der Waals surface area (Å²) < 4.78 is 22.9. The van der Waals surface area contributed by atoms with Gasteiger partial charge in [-0.2, -0.15) is 0 Å². The van der Waals surface area contributed by atoms with Crippen molar-refractivity contribution in [3.8, 4) is 0 Å². The van der Waals surface area contributed by atoms with Crippen LogP contribution in [0.25, 0.3) is 0 Å². The van der Waals surface area contributed by atoms with Crippen LogP contribution in [0.4, 0.5) is 0 Å². The first-order valence-electron chi connectivity index (χ1n) is 32.8. The van der Waals surface area contributed by atoms with Crippen molar-refractivity contribution in [3.05, 3.63) is 0 Å². The summed E-state index contributed by atoms with van der Waals surface area (Å²) in [6.07, 6.45) is 39.8. The van der Waals surface area contributed by atoms with E-state index in [0.29, 0.717) is 12.8 Å². The van der Waals surface area contributed by atoms with Crippen molar-refractivity contribution in [2.45, 2.75) is 376 Å². The minimum Gasteiger partial charge on any atom is -0.394 e. The average molecular weight is 1100 g/mol. The van der Waals surface area contributed by atoms with Crippen molar-refractivity contribution in [3.63, 3.8) is 0 Å². The fraction of sp³-hybridized carbons (Fsp3) is 0.984. The summed E-state index contributed by atoms with van der Waals surface area (Å²) in [5, 5.41) is 87.3. The number of unbranched alkanes of at least 4 members (excludes halogenated alkanes) is 41. The Morgan fingerprint density at radius 3 is 1.10 bits per heavy atom. The van der Waals surface area contributed by atoms with Crippen LogP contribution in [-0.2, 0) is 23.7 Å². The van der Waals surface area contributed by atoms with Crippen LogP contribution in [0.2, 0.25) is 0 Å². The highest BCUT2D eigenvalue weighted by Crippen LogP contribution is 2.30. The Balaban J connectivity index is 1.64. The lowest BCUT2D eigenvalue weighted by molar-refractivity contribution is -0.359. The van der Waals surface area contributed by atoms with Gasteiger partial charge in [0.25, 0.3) is 0 Å². The van der Waals surface area contributed by atoms with Crippen molar-refractivity contribution < 1.29 is 64.6 Å². The third-order valence-corrected chi connectivity index (χ3v) is 16.6. The maximum absolute atomic E-state index is 13.3. The second kappa shape index (κ2) is 49.6. The Morgan fingerprint density at radius 1 is 0.416 bits per heavy atom. The number of rotatable bonds is 54. The molecule has 2 fully saturated rings. The molecular formula is C63H123NO13. The molecule has 0 aliphatic carbocycles. The highest BCUT2D eigenvalue weighted by atomic mass is 16.7. The van der Waals surface area contributed by atoms with Crippen LogP contribution in [-0.4, -0.2) is 140 Å². The molecule has 2 aliphatic heterocycles. The Morgan fingerprint density at radius 2 is 0.740 bits per heavy atom. The van der Waals surface area contributed by atoms with Crippen LogP contribution in [0.3, 0.4) is 0 Å². The zero-order valence-electron chi connectivity index (χ0n) is 49.5. The lowest BCUT2D eigenvalue weighted by Crippen LogP contribution is -2.65. The minimum atomic E-state index is -1.78. The number of aliphatic hydroxyl groups excluding tert-OH is 8. The molecule has 77 heavy (non-hydrogen) atoms. The zero-order chi connectivity index (χ0) is 56.0. The molecule has 12 atom stereocenters. The van der Waals surface area contributed by atoms with Gasteiger partial charge >= 0.3 is 0 Å². The predicted octanol–water partition coefficient (Wildman–Crippen LogP) is 12.1. The molecule has 0 aromatic heterocycles. The van der Waals surface area contributed by atoms with E-state index in [9.17, 15) is 45.6 Å². The van der Waals surface area contributed by atoms with E-state index in [0.717, 1.165) is 51.4 Å². The lowest BCUT2D eigenvalue weighted by atomic mass is 9.97. The number of hydrogen-bond acceptors (Lipinski definition) is 13. The van der Waals surface area contributed by atoms with E-state index in [1.807, 2.05) is 0 Å². The molecule has 2 aliphatic rings. The number of nitrogens with one attached hydrogen (secondary N) is 1. The molecule has 0 aromatic rings. The van der Waals surface area contributed by atoms with E-state index in [-0.39, 0.29) is 12.5 Å². The Hall–Kier alpha value is -1.01. The maximum atomic E-state index is 13.3. The molecule has 0 radical (unpaired) electrons. The van der Waals surface area contributed by atoms with Gasteiger partial charge in [0.15, 0.2) is 12.6 Å². The van der Waals surface area contributed by atoms with Gasteiger partial charge in [0.05, 0.1) is 32.0 Å². The van der Waals surface area contributed by atoms with Gasteiger partial charge in [0.1, 0.15) is 48.8 Å². The van der Waals surface area contributed by atoms with Crippen molar-refractivity contribution >= 4 is 5.91 Å². The molecule has 9 N–H and O–H groups in total. The Labute approximate surface area is 470 Å². The molecule has 14 nitrogen and oxygen atoms in total. The monoisotopic (exact) mass is 1100 g/mol. The second-order valence-electron chi connectivity index (χ2n) is 23.6. The van der Waals surface area contributed by atoms with Crippen LogP contribution in [0.1, 0.15) is 303 Å². The van der Waals surface area contributed by atoms with E-state index < -0.39 is 86.8 Å². The topological polar surface area (TPSA) is 228 Å². The largest absolute Gasteiger partial charge is 0.394 e. The Kier molecular flexibility index (Phi) is 46.4. The first kappa shape index (κ1) is 72.1. The molecule has 12 unspecified atom stereocenters. The molecule has 0 saturated carbocycles. The van der Waals surface area contributed by atoms with Gasteiger partial charge in [-0.1, -0.05) is 284 Å². The van der Waals surface area contributed by atoms with E-state index in [1.165, 1.54) is 225 Å². The van der Waals surface area contributed by atoms with Gasteiger partial charge in [-0.15, -0.1) is 0 Å². The normalized spacial score (nSPS) is 24.6. The lowest BCUT2D eigenvalue weighted by Gasteiger charge is -2.46. The summed E-state index contributed by atoms with van der Waals surface area (Å²) in [4.78, 5) is 13.3. The number of aliphatic hydroxyl groups is 8. The van der Waals surface area contributed by atoms with E-state index >= 15 is 0 Å². The standard InChI is InChI=1S/C63H123NO13/c1-3-5-7-9-11-13-15-17-19-20-21-22-23-24-25-26-27-28-29-30-31-32-33-35-37-39-41-43-45-47-55(68)64-51(52(67)46-44-42-40-38-36-34-18-16-14-12-10-8-6-4-2)50-74-62-60(73)58(71)61(54(49-66)76-62)77-63-59(72)57(70)56(69)53(48-65)75-63/h51-54,56-63,65-67,69-73H,3-50H2,1-2H3,(H,64,68). The van der Waals surface area contributed by atoms with E-state index in [1.54, 1.807) is 0 Å². The Bertz CT molecular complexity index is 1300. The smallest absolute Gasteiger partial charge is 0.220 e. The number of ether oxygens (including phenoxy) is 4. The van der Waals surface area contributed by atoms with Crippen molar-refractivity contribution in [1.82, 2.24) is 5.32 Å². The molecule has 1 amide bonds. The number of hydrogen-bond donors (Lipinski definition) is 9.